The van der Waals surface area contributed by atoms with Crippen molar-refractivity contribution in [3.63, 3.8) is 0 Å². The lowest BCUT2D eigenvalue weighted by atomic mass is 10.2. The fraction of sp³-hybridized carbons (Fsp3) is 0.455. The van der Waals surface area contributed by atoms with Crippen molar-refractivity contribution < 1.29 is 9.53 Å². The van der Waals surface area contributed by atoms with Gasteiger partial charge in [-0.2, -0.15) is 0 Å². The lowest BCUT2D eigenvalue weighted by molar-refractivity contribution is 0.0126. The van der Waals surface area contributed by atoms with Crippen LogP contribution in [0.4, 0.5) is 5.82 Å². The van der Waals surface area contributed by atoms with E-state index in [1.165, 1.54) is 0 Å². The van der Waals surface area contributed by atoms with Crippen molar-refractivity contribution in [2.45, 2.75) is 0 Å². The Labute approximate surface area is 99.9 Å². The van der Waals surface area contributed by atoms with Crippen molar-refractivity contribution in [2.75, 3.05) is 38.7 Å². The highest BCUT2D eigenvalue weighted by atomic mass is 16.5. The smallest absolute Gasteiger partial charge is 0.265 e. The highest BCUT2D eigenvalue weighted by Crippen LogP contribution is 2.06. The first-order valence-electron chi connectivity index (χ1n) is 5.57. The van der Waals surface area contributed by atoms with Crippen LogP contribution in [0.5, 0.6) is 0 Å². The molecule has 0 spiro atoms. The topological polar surface area (TPSA) is 66.5 Å². The second kappa shape index (κ2) is 5.60. The number of hydrazine groups is 1. The van der Waals surface area contributed by atoms with Crippen molar-refractivity contribution in [1.82, 2.24) is 15.4 Å². The lowest BCUT2D eigenvalue weighted by Gasteiger charge is -2.26. The number of hydrogen-bond donors (Lipinski definition) is 2. The molecular formula is C11H16N4O2. The Hall–Kier alpha value is -1.66. The molecule has 0 bridgehead atoms. The summed E-state index contributed by atoms with van der Waals surface area (Å²) < 4.78 is 5.21. The number of anilines is 1. The number of rotatable bonds is 3. The van der Waals surface area contributed by atoms with Gasteiger partial charge < -0.3 is 10.1 Å². The summed E-state index contributed by atoms with van der Waals surface area (Å²) >= 11 is 0. The SMILES string of the molecule is CNc1cc(C(=O)NN2CCOCC2)ccn1. The summed E-state index contributed by atoms with van der Waals surface area (Å²) in [7, 11) is 1.77. The molecular weight excluding hydrogens is 220 g/mol. The highest BCUT2D eigenvalue weighted by Gasteiger charge is 2.14. The molecule has 0 unspecified atom stereocenters. The summed E-state index contributed by atoms with van der Waals surface area (Å²) in [4.78, 5) is 16.0. The molecule has 1 amide bonds. The van der Waals surface area contributed by atoms with Crippen molar-refractivity contribution in [3.8, 4) is 0 Å². The molecule has 2 N–H and O–H groups in total. The zero-order chi connectivity index (χ0) is 12.1. The number of carbonyl (C=O) groups is 1. The Morgan fingerprint density at radius 2 is 2.24 bits per heavy atom. The molecule has 6 heteroatoms. The van der Waals surface area contributed by atoms with Crippen LogP contribution >= 0.6 is 0 Å². The number of amides is 1. The number of nitrogens with zero attached hydrogens (tertiary/aromatic N) is 2. The zero-order valence-electron chi connectivity index (χ0n) is 9.77. The van der Waals surface area contributed by atoms with Gasteiger partial charge in [-0.3, -0.25) is 10.2 Å². The van der Waals surface area contributed by atoms with E-state index in [9.17, 15) is 4.79 Å². The first kappa shape index (κ1) is 11.8. The van der Waals surface area contributed by atoms with E-state index in [1.807, 2.05) is 5.01 Å². The van der Waals surface area contributed by atoms with Crippen molar-refractivity contribution in [1.29, 1.82) is 0 Å². The van der Waals surface area contributed by atoms with Gasteiger partial charge in [0.05, 0.1) is 13.2 Å². The monoisotopic (exact) mass is 236 g/mol. The fourth-order valence-electron chi connectivity index (χ4n) is 1.59. The van der Waals surface area contributed by atoms with Gasteiger partial charge in [-0.1, -0.05) is 0 Å². The van der Waals surface area contributed by atoms with E-state index in [2.05, 4.69) is 15.7 Å². The lowest BCUT2D eigenvalue weighted by Crippen LogP contribution is -2.48. The average molecular weight is 236 g/mol. The van der Waals surface area contributed by atoms with Crippen LogP contribution in [0, 0.1) is 0 Å². The highest BCUT2D eigenvalue weighted by molar-refractivity contribution is 5.94. The molecule has 0 aliphatic carbocycles. The Kier molecular flexibility index (Phi) is 3.89. The molecule has 1 aromatic heterocycles. The van der Waals surface area contributed by atoms with Crippen LogP contribution in [-0.4, -0.2) is 49.3 Å². The third-order valence-electron chi connectivity index (χ3n) is 2.55. The van der Waals surface area contributed by atoms with Gasteiger partial charge in [0.2, 0.25) is 0 Å². The minimum absolute atomic E-state index is 0.120. The predicted octanol–water partition coefficient (Wildman–Crippen LogP) is 0.100. The maximum Gasteiger partial charge on any atom is 0.265 e. The molecule has 0 radical (unpaired) electrons. The molecule has 1 saturated heterocycles. The summed E-state index contributed by atoms with van der Waals surface area (Å²) in [5.41, 5.74) is 3.44. The number of hydrogen-bond acceptors (Lipinski definition) is 5. The molecule has 6 nitrogen and oxygen atoms in total. The minimum Gasteiger partial charge on any atom is -0.379 e. The van der Waals surface area contributed by atoms with Gasteiger partial charge >= 0.3 is 0 Å². The second-order valence-electron chi connectivity index (χ2n) is 3.72. The first-order valence-corrected chi connectivity index (χ1v) is 5.57. The number of ether oxygens (including phenoxy) is 1. The van der Waals surface area contributed by atoms with Gasteiger partial charge in [0.25, 0.3) is 5.91 Å². The fourth-order valence-corrected chi connectivity index (χ4v) is 1.59. The Bertz CT molecular complexity index is 391. The van der Waals surface area contributed by atoms with Gasteiger partial charge in [-0.15, -0.1) is 0 Å². The molecule has 1 aromatic rings. The summed E-state index contributed by atoms with van der Waals surface area (Å²) in [5, 5.41) is 4.77. The Morgan fingerprint density at radius 3 is 2.94 bits per heavy atom. The van der Waals surface area contributed by atoms with Crippen LogP contribution in [0.1, 0.15) is 10.4 Å². The molecule has 17 heavy (non-hydrogen) atoms. The van der Waals surface area contributed by atoms with Crippen LogP contribution in [0.25, 0.3) is 0 Å². The maximum absolute atomic E-state index is 11.9. The largest absolute Gasteiger partial charge is 0.379 e. The van der Waals surface area contributed by atoms with Crippen molar-refractivity contribution in [2.24, 2.45) is 0 Å². The van der Waals surface area contributed by atoms with Gasteiger partial charge in [-0.25, -0.2) is 9.99 Å². The summed E-state index contributed by atoms with van der Waals surface area (Å²) in [6.07, 6.45) is 1.61. The molecule has 0 aromatic carbocycles. The minimum atomic E-state index is -0.120. The van der Waals surface area contributed by atoms with E-state index in [4.69, 9.17) is 4.74 Å². The Balaban J connectivity index is 1.98. The van der Waals surface area contributed by atoms with E-state index >= 15 is 0 Å². The molecule has 1 fully saturated rings. The van der Waals surface area contributed by atoms with Crippen molar-refractivity contribution >= 4 is 11.7 Å². The van der Waals surface area contributed by atoms with Gasteiger partial charge in [0.15, 0.2) is 0 Å². The number of aromatic nitrogens is 1. The van der Waals surface area contributed by atoms with E-state index in [1.54, 1.807) is 25.4 Å². The number of pyridine rings is 1. The molecule has 2 rings (SSSR count). The van der Waals surface area contributed by atoms with Gasteiger partial charge in [-0.05, 0) is 12.1 Å². The Morgan fingerprint density at radius 1 is 1.47 bits per heavy atom. The third-order valence-corrected chi connectivity index (χ3v) is 2.55. The number of carbonyl (C=O) groups excluding carboxylic acids is 1. The third kappa shape index (κ3) is 3.15. The second-order valence-corrected chi connectivity index (χ2v) is 3.72. The first-order chi connectivity index (χ1) is 8.29. The summed E-state index contributed by atoms with van der Waals surface area (Å²) in [6, 6.07) is 3.41. The van der Waals surface area contributed by atoms with Gasteiger partial charge in [0.1, 0.15) is 5.82 Å². The van der Waals surface area contributed by atoms with Crippen LogP contribution < -0.4 is 10.7 Å². The molecule has 1 aliphatic heterocycles. The molecule has 92 valence electrons. The normalized spacial score (nSPS) is 16.5. The zero-order valence-corrected chi connectivity index (χ0v) is 9.77. The maximum atomic E-state index is 11.9. The molecule has 2 heterocycles. The van der Waals surface area contributed by atoms with E-state index in [-0.39, 0.29) is 5.91 Å². The molecule has 0 atom stereocenters. The number of morpholine rings is 1. The average Bonchev–Trinajstić information content (AvgIpc) is 2.40. The summed E-state index contributed by atoms with van der Waals surface area (Å²) in [6.45, 7) is 2.74. The predicted molar refractivity (Wildman–Crippen MR) is 63.6 cm³/mol. The van der Waals surface area contributed by atoms with E-state index in [0.29, 0.717) is 24.6 Å². The van der Waals surface area contributed by atoms with Crippen LogP contribution in [0.15, 0.2) is 18.3 Å². The quantitative estimate of drug-likeness (QED) is 0.779. The van der Waals surface area contributed by atoms with E-state index in [0.717, 1.165) is 13.1 Å². The van der Waals surface area contributed by atoms with Crippen LogP contribution in [0.3, 0.4) is 0 Å². The number of nitrogens with one attached hydrogen (secondary N) is 2. The summed E-state index contributed by atoms with van der Waals surface area (Å²) in [5.74, 6) is 0.561. The molecule has 1 aliphatic rings. The van der Waals surface area contributed by atoms with Crippen LogP contribution in [0.2, 0.25) is 0 Å². The standard InChI is InChI=1S/C11H16N4O2/c1-12-10-8-9(2-3-13-10)11(16)14-15-4-6-17-7-5-15/h2-3,8H,4-7H2,1H3,(H,12,13)(H,14,16). The van der Waals surface area contributed by atoms with Crippen LogP contribution in [-0.2, 0) is 4.74 Å². The van der Waals surface area contributed by atoms with Gasteiger partial charge in [0, 0.05) is 31.9 Å². The van der Waals surface area contributed by atoms with E-state index < -0.39 is 0 Å². The van der Waals surface area contributed by atoms with Crippen molar-refractivity contribution in [3.05, 3.63) is 23.9 Å². The molecule has 0 saturated carbocycles.